The Morgan fingerprint density at radius 3 is 2.70 bits per heavy atom. The highest BCUT2D eigenvalue weighted by molar-refractivity contribution is 8.15. The van der Waals surface area contributed by atoms with Crippen LogP contribution in [0.5, 0.6) is 0 Å². The van der Waals surface area contributed by atoms with Gasteiger partial charge in [0, 0.05) is 0 Å². The van der Waals surface area contributed by atoms with Crippen LogP contribution in [0.25, 0.3) is 0 Å². The Morgan fingerprint density at radius 1 is 1.60 bits per heavy atom. The SMILES string of the molecule is O=CNC1C(=O)CSC1=O. The van der Waals surface area contributed by atoms with Crippen LogP contribution in [0.15, 0.2) is 0 Å². The molecule has 1 aliphatic rings. The third-order valence-corrected chi connectivity index (χ3v) is 2.10. The van der Waals surface area contributed by atoms with E-state index in [1.807, 2.05) is 0 Å². The molecule has 0 radical (unpaired) electrons. The zero-order valence-electron chi connectivity index (χ0n) is 4.99. The maximum absolute atomic E-state index is 10.7. The minimum atomic E-state index is -0.887. The number of Topliss-reactive ketones (excluding diaryl/α,β-unsaturated/α-hetero) is 1. The molecule has 0 spiro atoms. The lowest BCUT2D eigenvalue weighted by Crippen LogP contribution is -2.37. The van der Waals surface area contributed by atoms with Gasteiger partial charge in [-0.15, -0.1) is 0 Å². The summed E-state index contributed by atoms with van der Waals surface area (Å²) >= 11 is 0.944. The Labute approximate surface area is 61.4 Å². The number of hydrogen-bond acceptors (Lipinski definition) is 4. The Bertz CT molecular complexity index is 175. The van der Waals surface area contributed by atoms with Gasteiger partial charge < -0.3 is 5.32 Å². The second kappa shape index (κ2) is 2.83. The molecular formula is C5H5NO3S. The van der Waals surface area contributed by atoms with E-state index in [9.17, 15) is 14.4 Å². The van der Waals surface area contributed by atoms with Gasteiger partial charge in [-0.05, 0) is 0 Å². The second-order valence-electron chi connectivity index (χ2n) is 1.79. The van der Waals surface area contributed by atoms with Crippen molar-refractivity contribution in [2.75, 3.05) is 5.75 Å². The van der Waals surface area contributed by atoms with E-state index in [-0.39, 0.29) is 16.7 Å². The lowest BCUT2D eigenvalue weighted by molar-refractivity contribution is -0.125. The zero-order chi connectivity index (χ0) is 7.56. The largest absolute Gasteiger partial charge is 0.342 e. The van der Waals surface area contributed by atoms with Gasteiger partial charge in [-0.1, -0.05) is 11.8 Å². The third-order valence-electron chi connectivity index (χ3n) is 1.15. The quantitative estimate of drug-likeness (QED) is 0.412. The van der Waals surface area contributed by atoms with Crippen molar-refractivity contribution in [3.8, 4) is 0 Å². The van der Waals surface area contributed by atoms with E-state index in [0.29, 0.717) is 6.41 Å². The summed E-state index contributed by atoms with van der Waals surface area (Å²) in [5.41, 5.74) is 0. The van der Waals surface area contributed by atoms with Gasteiger partial charge in [-0.3, -0.25) is 14.4 Å². The number of thioether (sulfide) groups is 1. The van der Waals surface area contributed by atoms with Gasteiger partial charge in [0.2, 0.25) is 11.5 Å². The van der Waals surface area contributed by atoms with E-state index in [1.54, 1.807) is 0 Å². The van der Waals surface area contributed by atoms with Crippen molar-refractivity contribution in [2.24, 2.45) is 0 Å². The smallest absolute Gasteiger partial charge is 0.219 e. The number of hydrogen-bond donors (Lipinski definition) is 1. The van der Waals surface area contributed by atoms with Crippen LogP contribution < -0.4 is 5.32 Å². The Hall–Kier alpha value is -0.840. The number of ketones is 1. The minimum Gasteiger partial charge on any atom is -0.342 e. The van der Waals surface area contributed by atoms with Crippen LogP contribution in [0, 0.1) is 0 Å². The predicted octanol–water partition coefficient (Wildman–Crippen LogP) is -1.06. The fraction of sp³-hybridized carbons (Fsp3) is 0.400. The number of rotatable bonds is 2. The van der Waals surface area contributed by atoms with Crippen LogP contribution in [0.4, 0.5) is 0 Å². The van der Waals surface area contributed by atoms with Crippen molar-refractivity contribution in [3.63, 3.8) is 0 Å². The van der Waals surface area contributed by atoms with Gasteiger partial charge in [-0.25, -0.2) is 0 Å². The Kier molecular flexibility index (Phi) is 2.06. The molecule has 0 saturated carbocycles. The van der Waals surface area contributed by atoms with Crippen molar-refractivity contribution < 1.29 is 14.4 Å². The molecule has 1 saturated heterocycles. The lowest BCUT2D eigenvalue weighted by Gasteiger charge is -2.00. The Morgan fingerprint density at radius 2 is 2.30 bits per heavy atom. The molecular weight excluding hydrogens is 154 g/mol. The summed E-state index contributed by atoms with van der Waals surface area (Å²) in [6, 6.07) is -0.887. The number of carbonyl (C=O) groups is 3. The first kappa shape index (κ1) is 7.27. The topological polar surface area (TPSA) is 63.2 Å². The summed E-state index contributed by atoms with van der Waals surface area (Å²) in [4.78, 5) is 31.2. The zero-order valence-corrected chi connectivity index (χ0v) is 5.81. The number of carbonyl (C=O) groups excluding carboxylic acids is 3. The summed E-state index contributed by atoms with van der Waals surface area (Å²) in [5, 5.41) is 1.88. The summed E-state index contributed by atoms with van der Waals surface area (Å²) in [6.07, 6.45) is 0.367. The molecule has 1 fully saturated rings. The highest BCUT2D eigenvalue weighted by Crippen LogP contribution is 2.15. The lowest BCUT2D eigenvalue weighted by atomic mass is 10.2. The van der Waals surface area contributed by atoms with E-state index < -0.39 is 6.04 Å². The summed E-state index contributed by atoms with van der Waals surface area (Å²) in [7, 11) is 0. The van der Waals surface area contributed by atoms with Gasteiger partial charge in [0.1, 0.15) is 0 Å². The molecule has 1 rings (SSSR count). The molecule has 1 amide bonds. The van der Waals surface area contributed by atoms with Crippen molar-refractivity contribution in [2.45, 2.75) is 6.04 Å². The normalized spacial score (nSPS) is 25.0. The third kappa shape index (κ3) is 1.18. The summed E-state index contributed by atoms with van der Waals surface area (Å²) in [5.74, 6) is -0.0354. The van der Waals surface area contributed by atoms with E-state index in [4.69, 9.17) is 0 Å². The molecule has 1 N–H and O–H groups in total. The van der Waals surface area contributed by atoms with Gasteiger partial charge >= 0.3 is 0 Å². The molecule has 4 nitrogen and oxygen atoms in total. The van der Waals surface area contributed by atoms with E-state index in [0.717, 1.165) is 11.8 Å². The summed E-state index contributed by atoms with van der Waals surface area (Å²) in [6.45, 7) is 0. The van der Waals surface area contributed by atoms with Crippen LogP contribution in [-0.2, 0) is 14.4 Å². The van der Waals surface area contributed by atoms with Gasteiger partial charge in [-0.2, -0.15) is 0 Å². The fourth-order valence-electron chi connectivity index (χ4n) is 0.669. The van der Waals surface area contributed by atoms with Crippen LogP contribution in [0.3, 0.4) is 0 Å². The van der Waals surface area contributed by atoms with Crippen LogP contribution in [-0.4, -0.2) is 29.1 Å². The van der Waals surface area contributed by atoms with Crippen LogP contribution in [0.2, 0.25) is 0 Å². The molecule has 54 valence electrons. The van der Waals surface area contributed by atoms with Crippen molar-refractivity contribution in [1.29, 1.82) is 0 Å². The standard InChI is InChI=1S/C5H5NO3S/c7-2-6-4-3(8)1-10-5(4)9/h2,4H,1H2,(H,6,7). The average molecular weight is 159 g/mol. The number of nitrogens with one attached hydrogen (secondary N) is 1. The maximum Gasteiger partial charge on any atom is 0.219 e. The van der Waals surface area contributed by atoms with Crippen molar-refractivity contribution >= 4 is 29.1 Å². The molecule has 0 aromatic carbocycles. The summed E-state index contributed by atoms with van der Waals surface area (Å²) < 4.78 is 0. The second-order valence-corrected chi connectivity index (χ2v) is 2.77. The minimum absolute atomic E-state index is 0.185. The molecule has 0 bridgehead atoms. The molecule has 10 heavy (non-hydrogen) atoms. The van der Waals surface area contributed by atoms with E-state index in [1.165, 1.54) is 0 Å². The molecule has 1 aliphatic heterocycles. The Balaban J connectivity index is 2.62. The average Bonchev–Trinajstić information content (AvgIpc) is 2.20. The van der Waals surface area contributed by atoms with Gasteiger partial charge in [0.15, 0.2) is 11.8 Å². The highest BCUT2D eigenvalue weighted by Gasteiger charge is 2.32. The van der Waals surface area contributed by atoms with Crippen molar-refractivity contribution in [3.05, 3.63) is 0 Å². The first-order valence-electron chi connectivity index (χ1n) is 2.65. The van der Waals surface area contributed by atoms with E-state index in [2.05, 4.69) is 5.32 Å². The van der Waals surface area contributed by atoms with E-state index >= 15 is 0 Å². The van der Waals surface area contributed by atoms with Gasteiger partial charge in [0.25, 0.3) is 0 Å². The first-order chi connectivity index (χ1) is 4.75. The fourth-order valence-corrected chi connectivity index (χ4v) is 1.49. The molecule has 1 atom stereocenters. The van der Waals surface area contributed by atoms with Crippen molar-refractivity contribution in [1.82, 2.24) is 5.32 Å². The van der Waals surface area contributed by atoms with Crippen LogP contribution >= 0.6 is 11.8 Å². The molecule has 5 heteroatoms. The molecule has 0 aromatic heterocycles. The van der Waals surface area contributed by atoms with Gasteiger partial charge in [0.05, 0.1) is 5.75 Å². The molecule has 0 aromatic rings. The predicted molar refractivity (Wildman–Crippen MR) is 35.5 cm³/mol. The number of amides is 1. The molecule has 0 aliphatic carbocycles. The first-order valence-corrected chi connectivity index (χ1v) is 3.63. The molecule has 1 heterocycles. The maximum atomic E-state index is 10.7. The monoisotopic (exact) mass is 159 g/mol. The highest BCUT2D eigenvalue weighted by atomic mass is 32.2. The molecule has 1 unspecified atom stereocenters. The van der Waals surface area contributed by atoms with Crippen LogP contribution in [0.1, 0.15) is 0 Å².